The van der Waals surface area contributed by atoms with Crippen LogP contribution in [0.2, 0.25) is 0 Å². The third-order valence-corrected chi connectivity index (χ3v) is 3.83. The number of benzene rings is 1. The lowest BCUT2D eigenvalue weighted by molar-refractivity contribution is 0.260. The fourth-order valence-corrected chi connectivity index (χ4v) is 2.49. The molecule has 0 aliphatic heterocycles. The zero-order valence-corrected chi connectivity index (χ0v) is 13.4. The number of nitrogen functional groups attached to an aromatic ring is 1. The minimum atomic E-state index is 0.859. The molecule has 0 amide bonds. The Morgan fingerprint density at radius 3 is 2.05 bits per heavy atom. The number of nitrogens with two attached hydrogens (primary N) is 1. The molecule has 0 saturated heterocycles. The van der Waals surface area contributed by atoms with E-state index in [0.29, 0.717) is 0 Å². The van der Waals surface area contributed by atoms with Gasteiger partial charge in [-0.05, 0) is 63.0 Å². The molecule has 0 saturated carbocycles. The van der Waals surface area contributed by atoms with Crippen LogP contribution in [0.1, 0.15) is 57.9 Å². The first-order chi connectivity index (χ1) is 9.76. The molecule has 2 nitrogen and oxygen atoms in total. The van der Waals surface area contributed by atoms with E-state index in [1.807, 2.05) is 12.1 Å². The van der Waals surface area contributed by atoms with Crippen molar-refractivity contribution in [1.29, 1.82) is 0 Å². The summed E-state index contributed by atoms with van der Waals surface area (Å²) in [6, 6.07) is 8.32. The molecule has 114 valence electrons. The van der Waals surface area contributed by atoms with Gasteiger partial charge in [0.2, 0.25) is 0 Å². The number of nitrogens with zero attached hydrogens (tertiary/aromatic N) is 1. The predicted molar refractivity (Wildman–Crippen MR) is 90.0 cm³/mol. The van der Waals surface area contributed by atoms with Crippen molar-refractivity contribution in [2.75, 3.05) is 25.4 Å². The van der Waals surface area contributed by atoms with Crippen molar-refractivity contribution < 1.29 is 0 Å². The van der Waals surface area contributed by atoms with Crippen LogP contribution in [-0.4, -0.2) is 24.5 Å². The fraction of sp³-hybridized carbons (Fsp3) is 0.667. The standard InChI is InChI=1S/C18H32N2/c1-3-5-7-15-20(14-6-4-2)16-8-9-17-10-12-18(19)13-11-17/h10-13H,3-9,14-16,19H2,1-2H3. The SMILES string of the molecule is CCCCCN(CCCC)CCCc1ccc(N)cc1. The van der Waals surface area contributed by atoms with Gasteiger partial charge in [0.05, 0.1) is 0 Å². The summed E-state index contributed by atoms with van der Waals surface area (Å²) in [5.74, 6) is 0. The average Bonchev–Trinajstić information content (AvgIpc) is 2.46. The first-order valence-electron chi connectivity index (χ1n) is 8.33. The van der Waals surface area contributed by atoms with Gasteiger partial charge in [-0.2, -0.15) is 0 Å². The molecule has 0 spiro atoms. The van der Waals surface area contributed by atoms with E-state index in [9.17, 15) is 0 Å². The zero-order valence-electron chi connectivity index (χ0n) is 13.4. The van der Waals surface area contributed by atoms with E-state index in [0.717, 1.165) is 12.1 Å². The number of rotatable bonds is 11. The lowest BCUT2D eigenvalue weighted by atomic mass is 10.1. The van der Waals surface area contributed by atoms with E-state index < -0.39 is 0 Å². The van der Waals surface area contributed by atoms with E-state index in [1.54, 1.807) is 0 Å². The third-order valence-electron chi connectivity index (χ3n) is 3.83. The predicted octanol–water partition coefficient (Wildman–Crippen LogP) is 4.49. The quantitative estimate of drug-likeness (QED) is 0.476. The Kier molecular flexibility index (Phi) is 9.14. The van der Waals surface area contributed by atoms with Crippen LogP contribution in [0.15, 0.2) is 24.3 Å². The largest absolute Gasteiger partial charge is 0.399 e. The van der Waals surface area contributed by atoms with Crippen LogP contribution in [0.3, 0.4) is 0 Å². The van der Waals surface area contributed by atoms with Crippen molar-refractivity contribution in [3.63, 3.8) is 0 Å². The lowest BCUT2D eigenvalue weighted by Gasteiger charge is -2.22. The zero-order chi connectivity index (χ0) is 14.6. The van der Waals surface area contributed by atoms with Gasteiger partial charge >= 0.3 is 0 Å². The number of hydrogen-bond donors (Lipinski definition) is 1. The molecule has 0 heterocycles. The van der Waals surface area contributed by atoms with Crippen molar-refractivity contribution in [2.24, 2.45) is 0 Å². The number of anilines is 1. The summed E-state index contributed by atoms with van der Waals surface area (Å²) in [5, 5.41) is 0. The molecule has 20 heavy (non-hydrogen) atoms. The van der Waals surface area contributed by atoms with Crippen LogP contribution >= 0.6 is 0 Å². The second-order valence-electron chi connectivity index (χ2n) is 5.75. The smallest absolute Gasteiger partial charge is 0.0314 e. The molecule has 2 N–H and O–H groups in total. The fourth-order valence-electron chi connectivity index (χ4n) is 2.49. The lowest BCUT2D eigenvalue weighted by Crippen LogP contribution is -2.27. The molecule has 0 aliphatic carbocycles. The summed E-state index contributed by atoms with van der Waals surface area (Å²) >= 11 is 0. The van der Waals surface area contributed by atoms with Gasteiger partial charge in [-0.25, -0.2) is 0 Å². The minimum Gasteiger partial charge on any atom is -0.399 e. The van der Waals surface area contributed by atoms with Gasteiger partial charge in [0.25, 0.3) is 0 Å². The molecule has 0 bridgehead atoms. The van der Waals surface area contributed by atoms with Crippen molar-refractivity contribution in [1.82, 2.24) is 4.90 Å². The molecular formula is C18H32N2. The summed E-state index contributed by atoms with van der Waals surface area (Å²) in [6.07, 6.45) is 9.06. The maximum absolute atomic E-state index is 5.72. The Morgan fingerprint density at radius 1 is 0.800 bits per heavy atom. The van der Waals surface area contributed by atoms with Crippen molar-refractivity contribution >= 4 is 5.69 Å². The Bertz CT molecular complexity index is 332. The number of hydrogen-bond acceptors (Lipinski definition) is 2. The van der Waals surface area contributed by atoms with Crippen LogP contribution in [0.4, 0.5) is 5.69 Å². The van der Waals surface area contributed by atoms with Gasteiger partial charge in [0.1, 0.15) is 0 Å². The molecular weight excluding hydrogens is 244 g/mol. The first-order valence-corrected chi connectivity index (χ1v) is 8.33. The highest BCUT2D eigenvalue weighted by molar-refractivity contribution is 5.39. The maximum atomic E-state index is 5.72. The molecule has 0 radical (unpaired) electrons. The summed E-state index contributed by atoms with van der Waals surface area (Å²) in [5.41, 5.74) is 7.98. The van der Waals surface area contributed by atoms with Crippen LogP contribution in [-0.2, 0) is 6.42 Å². The second kappa shape index (κ2) is 10.7. The topological polar surface area (TPSA) is 29.3 Å². The average molecular weight is 276 g/mol. The Morgan fingerprint density at radius 2 is 1.40 bits per heavy atom. The van der Waals surface area contributed by atoms with Crippen LogP contribution in [0.25, 0.3) is 0 Å². The maximum Gasteiger partial charge on any atom is 0.0314 e. The highest BCUT2D eigenvalue weighted by Crippen LogP contribution is 2.09. The van der Waals surface area contributed by atoms with Gasteiger partial charge in [-0.3, -0.25) is 0 Å². The van der Waals surface area contributed by atoms with Crippen molar-refractivity contribution in [3.05, 3.63) is 29.8 Å². The van der Waals surface area contributed by atoms with Gasteiger partial charge in [0, 0.05) is 5.69 Å². The minimum absolute atomic E-state index is 0.859. The summed E-state index contributed by atoms with van der Waals surface area (Å²) in [6.45, 7) is 8.32. The van der Waals surface area contributed by atoms with Crippen LogP contribution in [0.5, 0.6) is 0 Å². The normalized spacial score (nSPS) is 11.2. The molecule has 2 heteroatoms. The van der Waals surface area contributed by atoms with Crippen molar-refractivity contribution in [3.8, 4) is 0 Å². The molecule has 0 atom stereocenters. The van der Waals surface area contributed by atoms with Crippen LogP contribution in [0, 0.1) is 0 Å². The van der Waals surface area contributed by atoms with Gasteiger partial charge in [-0.1, -0.05) is 45.2 Å². The van der Waals surface area contributed by atoms with E-state index in [1.165, 1.54) is 63.7 Å². The third kappa shape index (κ3) is 7.54. The van der Waals surface area contributed by atoms with E-state index in [2.05, 4.69) is 30.9 Å². The van der Waals surface area contributed by atoms with Gasteiger partial charge < -0.3 is 10.6 Å². The van der Waals surface area contributed by atoms with E-state index in [4.69, 9.17) is 5.73 Å². The molecule has 0 aromatic heterocycles. The first kappa shape index (κ1) is 17.0. The number of aryl methyl sites for hydroxylation is 1. The monoisotopic (exact) mass is 276 g/mol. The molecule has 1 aromatic rings. The molecule has 0 aliphatic rings. The van der Waals surface area contributed by atoms with Crippen LogP contribution < -0.4 is 5.73 Å². The summed E-state index contributed by atoms with van der Waals surface area (Å²) in [7, 11) is 0. The van der Waals surface area contributed by atoms with Gasteiger partial charge in [0.15, 0.2) is 0 Å². The van der Waals surface area contributed by atoms with E-state index >= 15 is 0 Å². The second-order valence-corrected chi connectivity index (χ2v) is 5.75. The Hall–Kier alpha value is -1.02. The van der Waals surface area contributed by atoms with Crippen molar-refractivity contribution in [2.45, 2.75) is 58.8 Å². The summed E-state index contributed by atoms with van der Waals surface area (Å²) < 4.78 is 0. The molecule has 0 unspecified atom stereocenters. The Balaban J connectivity index is 2.27. The molecule has 1 rings (SSSR count). The number of unbranched alkanes of at least 4 members (excludes halogenated alkanes) is 3. The molecule has 1 aromatic carbocycles. The van der Waals surface area contributed by atoms with E-state index in [-0.39, 0.29) is 0 Å². The Labute approximate surface area is 125 Å². The summed E-state index contributed by atoms with van der Waals surface area (Å²) in [4.78, 5) is 2.65. The molecule has 0 fully saturated rings. The van der Waals surface area contributed by atoms with Gasteiger partial charge in [-0.15, -0.1) is 0 Å². The highest BCUT2D eigenvalue weighted by Gasteiger charge is 2.04. The highest BCUT2D eigenvalue weighted by atomic mass is 15.1.